The van der Waals surface area contributed by atoms with Gasteiger partial charge < -0.3 is 20.6 Å². The molecule has 1 aromatic heterocycles. The largest absolute Gasteiger partial charge is 0.504 e. The van der Waals surface area contributed by atoms with Crippen molar-refractivity contribution >= 4 is 33.0 Å². The van der Waals surface area contributed by atoms with E-state index in [2.05, 4.69) is 19.2 Å². The fraction of sp³-hybridized carbons (Fsp3) is 0.333. The lowest BCUT2D eigenvalue weighted by atomic mass is 10.0. The topological polar surface area (TPSA) is 143 Å². The van der Waals surface area contributed by atoms with E-state index in [0.29, 0.717) is 5.92 Å². The van der Waals surface area contributed by atoms with Gasteiger partial charge in [0.2, 0.25) is 20.9 Å². The van der Waals surface area contributed by atoms with Crippen molar-refractivity contribution in [2.24, 2.45) is 11.7 Å². The average Bonchev–Trinajstić information content (AvgIpc) is 3.15. The molecule has 0 amide bonds. The van der Waals surface area contributed by atoms with Gasteiger partial charge in [0.1, 0.15) is 16.4 Å². The van der Waals surface area contributed by atoms with Crippen molar-refractivity contribution in [3.05, 3.63) is 67.3 Å². The molecule has 9 nitrogen and oxygen atoms in total. The Morgan fingerprint density at radius 2 is 1.75 bits per heavy atom. The number of aryl methyl sites for hydroxylation is 1. The number of hydrogen-bond donors (Lipinski definition) is 3. The molecule has 4 N–H and O–H groups in total. The highest BCUT2D eigenvalue weighted by Crippen LogP contribution is 2.38. The SMILES string of the molecule is CN(C)S(=O)(=O)c1c(Cl)ccc(Nc2cc(=O)c2=O)c1O.Cc1ccc([C@H](N)C(C)C)o1. The van der Waals surface area contributed by atoms with Crippen LogP contribution in [0.5, 0.6) is 5.75 Å². The number of aromatic hydroxyl groups is 1. The summed E-state index contributed by atoms with van der Waals surface area (Å²) in [6.07, 6.45) is 0. The van der Waals surface area contributed by atoms with Gasteiger partial charge in [-0.15, -0.1) is 0 Å². The Morgan fingerprint density at radius 1 is 1.12 bits per heavy atom. The fourth-order valence-electron chi connectivity index (χ4n) is 2.59. The Bertz CT molecular complexity index is 1270. The van der Waals surface area contributed by atoms with Crippen LogP contribution in [0.1, 0.15) is 31.4 Å². The minimum Gasteiger partial charge on any atom is -0.504 e. The molecule has 0 unspecified atom stereocenters. The Kier molecular flexibility index (Phi) is 7.89. The number of benzene rings is 1. The molecule has 32 heavy (non-hydrogen) atoms. The maximum atomic E-state index is 12.1. The van der Waals surface area contributed by atoms with Crippen molar-refractivity contribution < 1.29 is 17.9 Å². The van der Waals surface area contributed by atoms with Gasteiger partial charge >= 0.3 is 0 Å². The standard InChI is InChI=1S/C12H11ClN2O5S.C9H15NO/c1-15(2)21(19,20)12-6(13)3-4-7(11(12)18)14-8-5-9(16)10(8)17;1-6(2)9(10)8-5-4-7(3)11-8/h3-5,14,18H,1-2H3;4-6,9H,10H2,1-3H3/t;9-/m.1/s1. The number of phenols is 1. The molecule has 0 fully saturated rings. The van der Waals surface area contributed by atoms with Gasteiger partial charge in [-0.25, -0.2) is 12.7 Å². The van der Waals surface area contributed by atoms with Crippen LogP contribution in [0, 0.1) is 12.8 Å². The molecule has 0 bridgehead atoms. The molecule has 3 aromatic rings. The molecular formula is C21H26ClN3O6S. The first kappa shape index (κ1) is 25.6. The van der Waals surface area contributed by atoms with Crippen LogP contribution in [0.15, 0.2) is 49.2 Å². The molecule has 0 radical (unpaired) electrons. The maximum Gasteiger partial charge on any atom is 0.249 e. The van der Waals surface area contributed by atoms with E-state index in [4.69, 9.17) is 21.8 Å². The van der Waals surface area contributed by atoms with Gasteiger partial charge in [0.25, 0.3) is 0 Å². The van der Waals surface area contributed by atoms with E-state index in [0.717, 1.165) is 21.9 Å². The maximum absolute atomic E-state index is 12.1. The molecule has 0 aliphatic carbocycles. The molecule has 11 heteroatoms. The van der Waals surface area contributed by atoms with E-state index >= 15 is 0 Å². The average molecular weight is 484 g/mol. The lowest BCUT2D eigenvalue weighted by Gasteiger charge is -2.17. The summed E-state index contributed by atoms with van der Waals surface area (Å²) in [7, 11) is -1.38. The van der Waals surface area contributed by atoms with E-state index in [1.54, 1.807) is 0 Å². The molecule has 2 aromatic carbocycles. The number of nitrogens with two attached hydrogens (primary N) is 1. The third-order valence-electron chi connectivity index (χ3n) is 4.64. The monoisotopic (exact) mass is 483 g/mol. The molecule has 0 aliphatic heterocycles. The zero-order valence-electron chi connectivity index (χ0n) is 18.3. The van der Waals surface area contributed by atoms with Gasteiger partial charge in [0.05, 0.1) is 22.4 Å². The number of nitrogens with one attached hydrogen (secondary N) is 1. The van der Waals surface area contributed by atoms with Crippen LogP contribution in [0.3, 0.4) is 0 Å². The van der Waals surface area contributed by atoms with Crippen LogP contribution in [-0.4, -0.2) is 31.9 Å². The van der Waals surface area contributed by atoms with Gasteiger partial charge in [-0.3, -0.25) is 9.59 Å². The van der Waals surface area contributed by atoms with Crippen molar-refractivity contribution in [1.82, 2.24) is 4.31 Å². The predicted molar refractivity (Wildman–Crippen MR) is 124 cm³/mol. The summed E-state index contributed by atoms with van der Waals surface area (Å²) in [4.78, 5) is 21.6. The zero-order valence-corrected chi connectivity index (χ0v) is 19.9. The highest BCUT2D eigenvalue weighted by molar-refractivity contribution is 7.89. The molecule has 3 rings (SSSR count). The van der Waals surface area contributed by atoms with Gasteiger partial charge in [0.15, 0.2) is 5.75 Å². The second-order valence-electron chi connectivity index (χ2n) is 7.65. The molecule has 1 heterocycles. The zero-order chi connectivity index (χ0) is 24.4. The summed E-state index contributed by atoms with van der Waals surface area (Å²) in [5, 5.41) is 12.4. The van der Waals surface area contributed by atoms with Crippen LogP contribution >= 0.6 is 11.6 Å². The lowest BCUT2D eigenvalue weighted by molar-refractivity contribution is 0.391. The summed E-state index contributed by atoms with van der Waals surface area (Å²) in [5.74, 6) is 1.62. The quantitative estimate of drug-likeness (QED) is 0.358. The first-order valence-electron chi connectivity index (χ1n) is 9.60. The third-order valence-corrected chi connectivity index (χ3v) is 6.96. The second kappa shape index (κ2) is 9.86. The highest BCUT2D eigenvalue weighted by atomic mass is 35.5. The minimum absolute atomic E-state index is 0.0224. The third kappa shape index (κ3) is 5.39. The van der Waals surface area contributed by atoms with Crippen LogP contribution in [0.2, 0.25) is 5.02 Å². The van der Waals surface area contributed by atoms with Gasteiger partial charge in [-0.1, -0.05) is 25.4 Å². The number of halogens is 1. The van der Waals surface area contributed by atoms with E-state index in [9.17, 15) is 23.1 Å². The molecule has 174 valence electrons. The number of furan rings is 1. The summed E-state index contributed by atoms with van der Waals surface area (Å²) >= 11 is 5.84. The molecule has 0 aliphatic rings. The normalized spacial score (nSPS) is 12.7. The Labute approximate surface area is 191 Å². The van der Waals surface area contributed by atoms with Crippen LogP contribution in [-0.2, 0) is 10.0 Å². The summed E-state index contributed by atoms with van der Waals surface area (Å²) in [6.45, 7) is 6.10. The first-order chi connectivity index (χ1) is 14.8. The summed E-state index contributed by atoms with van der Waals surface area (Å²) in [6, 6.07) is 7.55. The Hall–Kier alpha value is -2.66. The molecule has 0 saturated heterocycles. The van der Waals surface area contributed by atoms with E-state index < -0.39 is 31.5 Å². The number of sulfonamides is 1. The molecule has 0 spiro atoms. The van der Waals surface area contributed by atoms with Gasteiger partial charge in [-0.05, 0) is 37.1 Å². The van der Waals surface area contributed by atoms with Crippen molar-refractivity contribution in [2.75, 3.05) is 19.4 Å². The number of rotatable bonds is 6. The lowest BCUT2D eigenvalue weighted by Crippen LogP contribution is -2.31. The van der Waals surface area contributed by atoms with Crippen LogP contribution in [0.4, 0.5) is 11.4 Å². The molecular weight excluding hydrogens is 458 g/mol. The Morgan fingerprint density at radius 3 is 2.19 bits per heavy atom. The van der Waals surface area contributed by atoms with Crippen molar-refractivity contribution in [1.29, 1.82) is 0 Å². The number of anilines is 2. The van der Waals surface area contributed by atoms with Crippen molar-refractivity contribution in [3.8, 4) is 5.75 Å². The predicted octanol–water partition coefficient (Wildman–Crippen LogP) is 2.88. The smallest absolute Gasteiger partial charge is 0.249 e. The number of hydrogen-bond acceptors (Lipinski definition) is 8. The second-order valence-corrected chi connectivity index (χ2v) is 10.2. The first-order valence-corrected chi connectivity index (χ1v) is 11.4. The summed E-state index contributed by atoms with van der Waals surface area (Å²) in [5.41, 5.74) is 4.40. The van der Waals surface area contributed by atoms with E-state index in [-0.39, 0.29) is 22.4 Å². The van der Waals surface area contributed by atoms with E-state index in [1.165, 1.54) is 26.2 Å². The van der Waals surface area contributed by atoms with Gasteiger partial charge in [0, 0.05) is 20.2 Å². The fourth-order valence-corrected chi connectivity index (χ4v) is 4.07. The molecule has 1 atom stereocenters. The van der Waals surface area contributed by atoms with Crippen LogP contribution in [0.25, 0.3) is 0 Å². The number of phenolic OH excluding ortho intramolecular Hbond substituents is 1. The Balaban J connectivity index is 0.000000278. The van der Waals surface area contributed by atoms with Gasteiger partial charge in [-0.2, -0.15) is 0 Å². The number of nitrogens with zero attached hydrogens (tertiary/aromatic N) is 1. The van der Waals surface area contributed by atoms with Crippen molar-refractivity contribution in [3.63, 3.8) is 0 Å². The van der Waals surface area contributed by atoms with Crippen LogP contribution < -0.4 is 21.9 Å². The highest BCUT2D eigenvalue weighted by Gasteiger charge is 2.27. The molecule has 0 saturated carbocycles. The minimum atomic E-state index is -3.97. The van der Waals surface area contributed by atoms with Crippen molar-refractivity contribution in [2.45, 2.75) is 31.7 Å². The summed E-state index contributed by atoms with van der Waals surface area (Å²) < 4.78 is 30.5. The van der Waals surface area contributed by atoms with E-state index in [1.807, 2.05) is 19.1 Å².